The normalized spacial score (nSPS) is 12.3. The molecule has 57 valence electrons. The average Bonchev–Trinajstić information content (AvgIpc) is 1.65. The predicted molar refractivity (Wildman–Crippen MR) is 36.8 cm³/mol. The molecule has 9 heavy (non-hydrogen) atoms. The van der Waals surface area contributed by atoms with Gasteiger partial charge in [0.25, 0.3) is 0 Å². The van der Waals surface area contributed by atoms with Gasteiger partial charge in [-0.2, -0.15) is 0 Å². The lowest BCUT2D eigenvalue weighted by Gasteiger charge is -1.90. The molecular formula is C6H16NO2. The summed E-state index contributed by atoms with van der Waals surface area (Å²) < 4.78 is 0. The summed E-state index contributed by atoms with van der Waals surface area (Å²) in [6.07, 6.45) is -0.671. The van der Waals surface area contributed by atoms with Crippen molar-refractivity contribution in [1.82, 2.24) is 4.90 Å². The van der Waals surface area contributed by atoms with Gasteiger partial charge in [0.15, 0.2) is 0 Å². The number of rotatable bonds is 1. The quantitative estimate of drug-likeness (QED) is 0.547. The van der Waals surface area contributed by atoms with E-state index in [1.807, 2.05) is 26.0 Å². The molecule has 0 saturated heterocycles. The largest absolute Gasteiger partial charge is 0.391 e. The molecule has 0 fully saturated rings. The molecule has 0 rings (SSSR count). The van der Waals surface area contributed by atoms with E-state index >= 15 is 0 Å². The van der Waals surface area contributed by atoms with Crippen molar-refractivity contribution in [3.63, 3.8) is 0 Å². The highest BCUT2D eigenvalue weighted by Crippen LogP contribution is 1.69. The van der Waals surface area contributed by atoms with E-state index < -0.39 is 6.10 Å². The summed E-state index contributed by atoms with van der Waals surface area (Å²) >= 11 is 0. The van der Waals surface area contributed by atoms with Gasteiger partial charge in [-0.3, -0.25) is 0 Å². The Morgan fingerprint density at radius 3 is 1.56 bits per heavy atom. The van der Waals surface area contributed by atoms with Gasteiger partial charge in [0.2, 0.25) is 0 Å². The molecule has 0 aliphatic carbocycles. The van der Waals surface area contributed by atoms with Gasteiger partial charge in [-0.1, -0.05) is 0 Å². The van der Waals surface area contributed by atoms with Gasteiger partial charge in [-0.05, 0) is 28.1 Å². The van der Waals surface area contributed by atoms with Gasteiger partial charge in [-0.15, -0.1) is 0 Å². The van der Waals surface area contributed by atoms with Gasteiger partial charge in [-0.25, -0.2) is 5.11 Å². The van der Waals surface area contributed by atoms with E-state index in [-0.39, 0.29) is 6.61 Å². The molecule has 1 unspecified atom stereocenters. The second-order valence-corrected chi connectivity index (χ2v) is 2.36. The third kappa shape index (κ3) is 77.1. The lowest BCUT2D eigenvalue weighted by molar-refractivity contribution is 0.0672. The minimum Gasteiger partial charge on any atom is -0.391 e. The molecule has 1 atom stereocenters. The molecule has 1 N–H and O–H groups in total. The van der Waals surface area contributed by atoms with Crippen molar-refractivity contribution in [2.75, 3.05) is 27.7 Å². The third-order valence-electron chi connectivity index (χ3n) is 0.241. The van der Waals surface area contributed by atoms with Gasteiger partial charge in [0, 0.05) is 0 Å². The van der Waals surface area contributed by atoms with Crippen LogP contribution in [-0.4, -0.2) is 43.9 Å². The second kappa shape index (κ2) is 7.88. The van der Waals surface area contributed by atoms with E-state index in [1.54, 1.807) is 0 Å². The smallest absolute Gasteiger partial charge is 0.108 e. The zero-order valence-corrected chi connectivity index (χ0v) is 6.59. The van der Waals surface area contributed by atoms with E-state index in [9.17, 15) is 5.11 Å². The van der Waals surface area contributed by atoms with Crippen molar-refractivity contribution in [1.29, 1.82) is 0 Å². The van der Waals surface area contributed by atoms with Crippen molar-refractivity contribution in [3.05, 3.63) is 0 Å². The lowest BCUT2D eigenvalue weighted by Crippen LogP contribution is -2.02. The topological polar surface area (TPSA) is 43.4 Å². The molecule has 1 radical (unpaired) electrons. The van der Waals surface area contributed by atoms with Gasteiger partial charge in [0.1, 0.15) is 6.61 Å². The molecule has 0 aliphatic heterocycles. The van der Waals surface area contributed by atoms with Crippen molar-refractivity contribution >= 4 is 0 Å². The molecule has 3 heteroatoms. The van der Waals surface area contributed by atoms with Crippen LogP contribution in [-0.2, 0) is 5.11 Å². The molecule has 0 aromatic heterocycles. The van der Waals surface area contributed by atoms with Crippen LogP contribution < -0.4 is 0 Å². The fourth-order valence-corrected chi connectivity index (χ4v) is 0. The summed E-state index contributed by atoms with van der Waals surface area (Å²) in [7, 11) is 6.00. The summed E-state index contributed by atoms with van der Waals surface area (Å²) in [5.74, 6) is 0. The maximum absolute atomic E-state index is 9.38. The van der Waals surface area contributed by atoms with Crippen LogP contribution in [0.2, 0.25) is 0 Å². The van der Waals surface area contributed by atoms with E-state index in [2.05, 4.69) is 0 Å². The number of aliphatic hydroxyl groups excluding tert-OH is 1. The molecule has 0 aromatic carbocycles. The summed E-state index contributed by atoms with van der Waals surface area (Å²) in [4.78, 5) is 2.00. The average molecular weight is 134 g/mol. The van der Waals surface area contributed by atoms with Crippen molar-refractivity contribution in [2.24, 2.45) is 0 Å². The van der Waals surface area contributed by atoms with Gasteiger partial charge < -0.3 is 10.0 Å². The fraction of sp³-hybridized carbons (Fsp3) is 1.00. The molecule has 0 spiro atoms. The first kappa shape index (κ1) is 11.6. The van der Waals surface area contributed by atoms with Crippen LogP contribution >= 0.6 is 0 Å². The summed E-state index contributed by atoms with van der Waals surface area (Å²) in [6, 6.07) is 0. The first-order valence-electron chi connectivity index (χ1n) is 2.87. The van der Waals surface area contributed by atoms with Crippen molar-refractivity contribution in [3.8, 4) is 0 Å². The Kier molecular flexibility index (Phi) is 10.2. The highest BCUT2D eigenvalue weighted by atomic mass is 16.3. The molecule has 0 aromatic rings. The number of nitrogens with zero attached hydrogens (tertiary/aromatic N) is 1. The van der Waals surface area contributed by atoms with E-state index in [0.717, 1.165) is 0 Å². The van der Waals surface area contributed by atoms with Crippen LogP contribution in [0.4, 0.5) is 0 Å². The van der Waals surface area contributed by atoms with Crippen molar-refractivity contribution < 1.29 is 10.2 Å². The number of hydrogen-bond donors (Lipinski definition) is 1. The minimum atomic E-state index is -0.671. The molecule has 0 aliphatic rings. The highest BCUT2D eigenvalue weighted by Gasteiger charge is 1.85. The monoisotopic (exact) mass is 134 g/mol. The Balaban J connectivity index is 0. The Morgan fingerprint density at radius 1 is 1.44 bits per heavy atom. The fourth-order valence-electron chi connectivity index (χ4n) is 0. The Bertz CT molecular complexity index is 43.6. The summed E-state index contributed by atoms with van der Waals surface area (Å²) in [6.45, 7) is 1.08. The zero-order valence-electron chi connectivity index (χ0n) is 6.59. The highest BCUT2D eigenvalue weighted by molar-refractivity contribution is 4.33. The standard InChI is InChI=1S/C3H9N.C3H7O2/c1-4(2)3;1-3(5)2-4/h1-3H3;3,5H,2H2,1H3. The van der Waals surface area contributed by atoms with Crippen LogP contribution in [0.3, 0.4) is 0 Å². The van der Waals surface area contributed by atoms with Crippen LogP contribution in [0, 0.1) is 0 Å². The van der Waals surface area contributed by atoms with Crippen LogP contribution in [0.15, 0.2) is 0 Å². The lowest BCUT2D eigenvalue weighted by atomic mass is 10.5. The molecule has 0 heterocycles. The molecule has 0 amide bonds. The zero-order chi connectivity index (χ0) is 7.86. The Morgan fingerprint density at radius 2 is 1.56 bits per heavy atom. The van der Waals surface area contributed by atoms with E-state index in [1.165, 1.54) is 6.92 Å². The SMILES string of the molecule is CC(O)C[O].CN(C)C. The van der Waals surface area contributed by atoms with E-state index in [4.69, 9.17) is 5.11 Å². The number of hydrogen-bond acceptors (Lipinski definition) is 2. The predicted octanol–water partition coefficient (Wildman–Crippen LogP) is -0.0245. The Hall–Kier alpha value is -0.120. The summed E-state index contributed by atoms with van der Waals surface area (Å²) in [5.41, 5.74) is 0. The minimum absolute atomic E-state index is 0.389. The van der Waals surface area contributed by atoms with Crippen LogP contribution in [0.5, 0.6) is 0 Å². The van der Waals surface area contributed by atoms with Gasteiger partial charge >= 0.3 is 0 Å². The van der Waals surface area contributed by atoms with E-state index in [0.29, 0.717) is 0 Å². The first-order valence-corrected chi connectivity index (χ1v) is 2.87. The molecule has 0 bridgehead atoms. The number of aliphatic hydroxyl groups is 1. The van der Waals surface area contributed by atoms with Crippen LogP contribution in [0.1, 0.15) is 6.92 Å². The maximum atomic E-state index is 9.38. The van der Waals surface area contributed by atoms with Gasteiger partial charge in [0.05, 0.1) is 6.10 Å². The third-order valence-corrected chi connectivity index (χ3v) is 0.241. The molecular weight excluding hydrogens is 118 g/mol. The Labute approximate surface area is 56.9 Å². The first-order chi connectivity index (χ1) is 4.00. The summed E-state index contributed by atoms with van der Waals surface area (Å²) in [5, 5.41) is 17.4. The van der Waals surface area contributed by atoms with Crippen LogP contribution in [0.25, 0.3) is 0 Å². The molecule has 3 nitrogen and oxygen atoms in total. The van der Waals surface area contributed by atoms with Crippen molar-refractivity contribution in [2.45, 2.75) is 13.0 Å². The second-order valence-electron chi connectivity index (χ2n) is 2.36. The molecule has 0 saturated carbocycles. The maximum Gasteiger partial charge on any atom is 0.108 e.